The first-order valence-electron chi connectivity index (χ1n) is 11.1. The summed E-state index contributed by atoms with van der Waals surface area (Å²) in [6, 6.07) is 19.9. The van der Waals surface area contributed by atoms with Gasteiger partial charge in [0.05, 0.1) is 11.6 Å². The Morgan fingerprint density at radius 2 is 1.72 bits per heavy atom. The Labute approximate surface area is 195 Å². The van der Waals surface area contributed by atoms with Crippen molar-refractivity contribution in [3.05, 3.63) is 88.2 Å². The molecule has 0 aliphatic carbocycles. The summed E-state index contributed by atoms with van der Waals surface area (Å²) in [6.07, 6.45) is 0. The molecule has 1 unspecified atom stereocenters. The smallest absolute Gasteiger partial charge is 0.253 e. The lowest BCUT2D eigenvalue weighted by atomic mass is 10.0. The molecule has 1 N–H and O–H groups in total. The number of aromatic nitrogens is 1. The molecule has 3 aromatic rings. The van der Waals surface area contributed by atoms with Crippen molar-refractivity contribution < 1.29 is 4.79 Å². The van der Waals surface area contributed by atoms with E-state index >= 15 is 0 Å². The SMILES string of the molecule is Cc1cc(C(=O)NC(CN2CCN(C)CC2)c2ccccc2)c(C)n1-c1cccc(Cl)c1. The van der Waals surface area contributed by atoms with Crippen molar-refractivity contribution >= 4 is 17.5 Å². The van der Waals surface area contributed by atoms with Crippen molar-refractivity contribution in [1.82, 2.24) is 19.7 Å². The highest BCUT2D eigenvalue weighted by molar-refractivity contribution is 6.30. The molecule has 1 fully saturated rings. The standard InChI is InChI=1S/C26H31ClN4O/c1-19-16-24(20(2)31(19)23-11-7-10-22(27)17-23)26(32)28-25(21-8-5-4-6-9-21)18-30-14-12-29(3)13-15-30/h4-11,16-17,25H,12-15,18H2,1-3H3,(H,28,32). The number of amides is 1. The maximum atomic E-state index is 13.4. The molecule has 168 valence electrons. The summed E-state index contributed by atoms with van der Waals surface area (Å²) in [7, 11) is 2.16. The van der Waals surface area contributed by atoms with E-state index in [4.69, 9.17) is 11.6 Å². The molecule has 0 saturated carbocycles. The number of piperazine rings is 1. The molecule has 2 aromatic carbocycles. The molecule has 1 saturated heterocycles. The van der Waals surface area contributed by atoms with Crippen LogP contribution in [0.3, 0.4) is 0 Å². The molecule has 5 nitrogen and oxygen atoms in total. The highest BCUT2D eigenvalue weighted by Gasteiger charge is 2.24. The largest absolute Gasteiger partial charge is 0.344 e. The van der Waals surface area contributed by atoms with Crippen LogP contribution in [0.15, 0.2) is 60.7 Å². The van der Waals surface area contributed by atoms with Gasteiger partial charge in [-0.15, -0.1) is 0 Å². The summed E-state index contributed by atoms with van der Waals surface area (Å²) in [5.74, 6) is -0.0469. The Morgan fingerprint density at radius 1 is 1.00 bits per heavy atom. The maximum absolute atomic E-state index is 13.4. The van der Waals surface area contributed by atoms with Crippen LogP contribution < -0.4 is 5.32 Å². The van der Waals surface area contributed by atoms with Crippen LogP contribution in [-0.4, -0.2) is 60.0 Å². The predicted octanol–water partition coefficient (Wildman–Crippen LogP) is 4.47. The van der Waals surface area contributed by atoms with Crippen molar-refractivity contribution in [1.29, 1.82) is 0 Å². The Balaban J connectivity index is 1.58. The van der Waals surface area contributed by atoms with E-state index < -0.39 is 0 Å². The lowest BCUT2D eigenvalue weighted by Gasteiger charge is -2.35. The normalized spacial score (nSPS) is 16.1. The van der Waals surface area contributed by atoms with E-state index in [0.717, 1.165) is 55.4 Å². The molecule has 1 amide bonds. The molecule has 1 aliphatic rings. The minimum atomic E-state index is -0.0682. The van der Waals surface area contributed by atoms with Gasteiger partial charge in [0.15, 0.2) is 0 Å². The zero-order chi connectivity index (χ0) is 22.7. The van der Waals surface area contributed by atoms with Crippen LogP contribution >= 0.6 is 11.6 Å². The van der Waals surface area contributed by atoms with E-state index in [0.29, 0.717) is 10.6 Å². The predicted molar refractivity (Wildman–Crippen MR) is 131 cm³/mol. The van der Waals surface area contributed by atoms with Gasteiger partial charge < -0.3 is 14.8 Å². The van der Waals surface area contributed by atoms with Crippen LogP contribution in [-0.2, 0) is 0 Å². The molecule has 0 bridgehead atoms. The average molecular weight is 451 g/mol. The number of halogens is 1. The maximum Gasteiger partial charge on any atom is 0.253 e. The van der Waals surface area contributed by atoms with Gasteiger partial charge in [-0.2, -0.15) is 0 Å². The Morgan fingerprint density at radius 3 is 2.41 bits per heavy atom. The summed E-state index contributed by atoms with van der Waals surface area (Å²) in [6.45, 7) is 8.94. The number of hydrogen-bond donors (Lipinski definition) is 1. The molecule has 0 spiro atoms. The monoisotopic (exact) mass is 450 g/mol. The van der Waals surface area contributed by atoms with E-state index in [2.05, 4.69) is 38.9 Å². The van der Waals surface area contributed by atoms with Gasteiger partial charge in [0.25, 0.3) is 5.91 Å². The second-order valence-electron chi connectivity index (χ2n) is 8.64. The molecule has 6 heteroatoms. The quantitative estimate of drug-likeness (QED) is 0.602. The fraction of sp³-hybridized carbons (Fsp3) is 0.346. The van der Waals surface area contributed by atoms with E-state index in [1.807, 2.05) is 62.4 Å². The number of nitrogens with one attached hydrogen (secondary N) is 1. The highest BCUT2D eigenvalue weighted by Crippen LogP contribution is 2.24. The number of benzene rings is 2. The number of carbonyl (C=O) groups is 1. The Bertz CT molecular complexity index is 1070. The summed E-state index contributed by atoms with van der Waals surface area (Å²) >= 11 is 6.21. The highest BCUT2D eigenvalue weighted by atomic mass is 35.5. The van der Waals surface area contributed by atoms with Gasteiger partial charge >= 0.3 is 0 Å². The number of carbonyl (C=O) groups excluding carboxylic acids is 1. The lowest BCUT2D eigenvalue weighted by molar-refractivity contribution is 0.0906. The molecule has 32 heavy (non-hydrogen) atoms. The van der Waals surface area contributed by atoms with Crippen molar-refractivity contribution in [2.24, 2.45) is 0 Å². The molecule has 4 rings (SSSR count). The van der Waals surface area contributed by atoms with E-state index in [1.54, 1.807) is 0 Å². The fourth-order valence-corrected chi connectivity index (χ4v) is 4.63. The first kappa shape index (κ1) is 22.6. The number of hydrogen-bond acceptors (Lipinski definition) is 3. The number of rotatable bonds is 6. The van der Waals surface area contributed by atoms with Crippen molar-refractivity contribution in [3.8, 4) is 5.69 Å². The van der Waals surface area contributed by atoms with Crippen LogP contribution in [0.25, 0.3) is 5.69 Å². The minimum absolute atomic E-state index is 0.0469. The van der Waals surface area contributed by atoms with Crippen molar-refractivity contribution in [2.45, 2.75) is 19.9 Å². The van der Waals surface area contributed by atoms with Gasteiger partial charge in [-0.1, -0.05) is 48.0 Å². The van der Waals surface area contributed by atoms with E-state index in [1.165, 1.54) is 0 Å². The summed E-state index contributed by atoms with van der Waals surface area (Å²) in [4.78, 5) is 18.2. The summed E-state index contributed by atoms with van der Waals surface area (Å²) in [5, 5.41) is 4.00. The van der Waals surface area contributed by atoms with Crippen LogP contribution in [0.2, 0.25) is 5.02 Å². The molecular weight excluding hydrogens is 420 g/mol. The van der Waals surface area contributed by atoms with Gasteiger partial charge in [-0.05, 0) is 50.7 Å². The zero-order valence-electron chi connectivity index (χ0n) is 19.0. The van der Waals surface area contributed by atoms with Gasteiger partial charge in [-0.25, -0.2) is 0 Å². The molecule has 0 radical (unpaired) electrons. The van der Waals surface area contributed by atoms with Crippen LogP contribution in [0.5, 0.6) is 0 Å². The van der Waals surface area contributed by atoms with Crippen molar-refractivity contribution in [3.63, 3.8) is 0 Å². The minimum Gasteiger partial charge on any atom is -0.344 e. The third kappa shape index (κ3) is 5.07. The summed E-state index contributed by atoms with van der Waals surface area (Å²) < 4.78 is 2.08. The van der Waals surface area contributed by atoms with Gasteiger partial charge in [0.2, 0.25) is 0 Å². The lowest BCUT2D eigenvalue weighted by Crippen LogP contribution is -2.47. The third-order valence-corrected chi connectivity index (χ3v) is 6.52. The van der Waals surface area contributed by atoms with Crippen molar-refractivity contribution in [2.75, 3.05) is 39.8 Å². The first-order valence-corrected chi connectivity index (χ1v) is 11.5. The van der Waals surface area contributed by atoms with E-state index in [9.17, 15) is 4.79 Å². The van der Waals surface area contributed by atoms with Crippen LogP contribution in [0.1, 0.15) is 33.4 Å². The second kappa shape index (κ2) is 9.90. The summed E-state index contributed by atoms with van der Waals surface area (Å²) in [5.41, 5.74) is 4.70. The molecule has 1 aliphatic heterocycles. The average Bonchev–Trinajstić information content (AvgIpc) is 3.09. The molecule has 1 aromatic heterocycles. The Kier molecular flexibility index (Phi) is 6.99. The molecule has 2 heterocycles. The van der Waals surface area contributed by atoms with Gasteiger partial charge in [-0.3, -0.25) is 9.69 Å². The molecular formula is C26H31ClN4O. The van der Waals surface area contributed by atoms with Crippen LogP contribution in [0, 0.1) is 13.8 Å². The Hall–Kier alpha value is -2.60. The fourth-order valence-electron chi connectivity index (χ4n) is 4.45. The molecule has 1 atom stereocenters. The van der Waals surface area contributed by atoms with Gasteiger partial charge in [0.1, 0.15) is 0 Å². The number of nitrogens with zero attached hydrogens (tertiary/aromatic N) is 3. The number of aryl methyl sites for hydroxylation is 1. The number of likely N-dealkylation sites (N-methyl/N-ethyl adjacent to an activating group) is 1. The van der Waals surface area contributed by atoms with E-state index in [-0.39, 0.29) is 11.9 Å². The topological polar surface area (TPSA) is 40.5 Å². The first-order chi connectivity index (χ1) is 15.4. The third-order valence-electron chi connectivity index (χ3n) is 6.29. The van der Waals surface area contributed by atoms with Crippen LogP contribution in [0.4, 0.5) is 0 Å². The second-order valence-corrected chi connectivity index (χ2v) is 9.08. The van der Waals surface area contributed by atoms with Gasteiger partial charge in [0, 0.05) is 54.8 Å². The zero-order valence-corrected chi connectivity index (χ0v) is 19.8.